The number of rotatable bonds is 4. The predicted octanol–water partition coefficient (Wildman–Crippen LogP) is 2.60. The summed E-state index contributed by atoms with van der Waals surface area (Å²) in [4.78, 5) is 0. The Balaban J connectivity index is 0. The molecule has 0 amide bonds. The van der Waals surface area contributed by atoms with Crippen molar-refractivity contribution in [3.8, 4) is 0 Å². The Hall–Kier alpha value is 0.688. The largest absolute Gasteiger partial charge is 2.00 e. The van der Waals surface area contributed by atoms with Gasteiger partial charge in [0.05, 0.1) is 0 Å². The molecule has 0 aromatic rings. The molecule has 1 heteroatoms. The first-order valence-corrected chi connectivity index (χ1v) is 3.00. The van der Waals surface area contributed by atoms with Gasteiger partial charge in [-0.1, -0.05) is 19.3 Å². The van der Waals surface area contributed by atoms with Gasteiger partial charge in [0.25, 0.3) is 0 Å². The van der Waals surface area contributed by atoms with Crippen molar-refractivity contribution in [2.75, 3.05) is 0 Å². The molecule has 0 atom stereocenters. The van der Waals surface area contributed by atoms with E-state index in [4.69, 9.17) is 0 Å². The van der Waals surface area contributed by atoms with Crippen molar-refractivity contribution in [1.29, 1.82) is 0 Å². The van der Waals surface area contributed by atoms with Gasteiger partial charge in [0.15, 0.2) is 0 Å². The van der Waals surface area contributed by atoms with Crippen LogP contribution in [0.1, 0.15) is 32.1 Å². The fourth-order valence-electron chi connectivity index (χ4n) is 0.530. The molecule has 0 radical (unpaired) electrons. The summed E-state index contributed by atoms with van der Waals surface area (Å²) in [7, 11) is 0. The zero-order valence-electron chi connectivity index (χ0n) is 5.27. The fourth-order valence-corrected chi connectivity index (χ4v) is 0.530. The summed E-state index contributed by atoms with van der Waals surface area (Å²) in [6.45, 7) is 7.47. The van der Waals surface area contributed by atoms with Crippen LogP contribution < -0.4 is 0 Å². The van der Waals surface area contributed by atoms with Crippen molar-refractivity contribution in [3.63, 3.8) is 0 Å². The minimum absolute atomic E-state index is 0. The van der Waals surface area contributed by atoms with Crippen LogP contribution in [0.5, 0.6) is 0 Å². The maximum absolute atomic E-state index is 3.74. The minimum Gasteiger partial charge on any atom is -0.343 e. The molecule has 0 nitrogen and oxygen atoms in total. The third-order valence-corrected chi connectivity index (χ3v) is 1.000. The van der Waals surface area contributed by atoms with Crippen LogP contribution in [-0.2, 0) is 21.1 Å². The van der Waals surface area contributed by atoms with Crippen LogP contribution in [0, 0.1) is 13.8 Å². The molecular weight excluding hydrogens is 279 g/mol. The molecule has 0 heterocycles. The van der Waals surface area contributed by atoms with Gasteiger partial charge >= 0.3 is 21.1 Å². The van der Waals surface area contributed by atoms with Crippen LogP contribution >= 0.6 is 0 Å². The summed E-state index contributed by atoms with van der Waals surface area (Å²) in [5.74, 6) is 0. The first kappa shape index (κ1) is 11.5. The van der Waals surface area contributed by atoms with E-state index < -0.39 is 0 Å². The van der Waals surface area contributed by atoms with Crippen molar-refractivity contribution in [1.82, 2.24) is 0 Å². The van der Waals surface area contributed by atoms with E-state index in [1.54, 1.807) is 0 Å². The van der Waals surface area contributed by atoms with Gasteiger partial charge in [-0.25, -0.2) is 0 Å². The molecule has 52 valence electrons. The monoisotopic (exact) mass is 293 g/mol. The van der Waals surface area contributed by atoms with Gasteiger partial charge in [0.1, 0.15) is 0 Å². The molecule has 0 spiro atoms. The zero-order chi connectivity index (χ0) is 5.54. The van der Waals surface area contributed by atoms with Crippen molar-refractivity contribution >= 4 is 0 Å². The Bertz CT molecular complexity index is 23.6. The molecule has 0 unspecified atom stereocenters. The number of hydrogen-bond donors (Lipinski definition) is 0. The summed E-state index contributed by atoms with van der Waals surface area (Å²) in [5, 5.41) is 0. The van der Waals surface area contributed by atoms with E-state index in [1.165, 1.54) is 19.3 Å². The molecule has 0 aromatic heterocycles. The SMILES string of the molecule is [CH2-]CCCCC[CH2-].[Pt+2]. The smallest absolute Gasteiger partial charge is 0.343 e. The Morgan fingerprint density at radius 1 is 0.750 bits per heavy atom. The van der Waals surface area contributed by atoms with E-state index in [-0.39, 0.29) is 21.1 Å². The van der Waals surface area contributed by atoms with Gasteiger partial charge in [0, 0.05) is 0 Å². The second-order valence-corrected chi connectivity index (χ2v) is 1.77. The van der Waals surface area contributed by atoms with Crippen molar-refractivity contribution in [3.05, 3.63) is 13.8 Å². The van der Waals surface area contributed by atoms with E-state index in [0.29, 0.717) is 0 Å². The summed E-state index contributed by atoms with van der Waals surface area (Å²) in [6, 6.07) is 0. The average molecular weight is 293 g/mol. The molecule has 0 bridgehead atoms. The maximum atomic E-state index is 3.74. The van der Waals surface area contributed by atoms with E-state index in [1.807, 2.05) is 0 Å². The molecule has 0 aliphatic heterocycles. The summed E-state index contributed by atoms with van der Waals surface area (Å²) in [6.07, 6.45) is 6.03. The molecular formula is C7H14Pt. The predicted molar refractivity (Wildman–Crippen MR) is 33.8 cm³/mol. The quantitative estimate of drug-likeness (QED) is 0.552. The van der Waals surface area contributed by atoms with Gasteiger partial charge in [-0.05, 0) is 0 Å². The van der Waals surface area contributed by atoms with Crippen LogP contribution in [0.25, 0.3) is 0 Å². The maximum Gasteiger partial charge on any atom is 2.00 e. The third kappa shape index (κ3) is 9.85. The van der Waals surface area contributed by atoms with Crippen LogP contribution in [0.2, 0.25) is 0 Å². The Kier molecular flexibility index (Phi) is 15.3. The van der Waals surface area contributed by atoms with Crippen molar-refractivity contribution < 1.29 is 21.1 Å². The van der Waals surface area contributed by atoms with Gasteiger partial charge in [-0.2, -0.15) is 12.8 Å². The van der Waals surface area contributed by atoms with Crippen LogP contribution in [0.3, 0.4) is 0 Å². The topological polar surface area (TPSA) is 0 Å². The third-order valence-electron chi connectivity index (χ3n) is 1.000. The molecule has 0 saturated heterocycles. The molecule has 0 aliphatic rings. The second kappa shape index (κ2) is 10.6. The molecule has 0 N–H and O–H groups in total. The van der Waals surface area contributed by atoms with Gasteiger partial charge in [-0.3, -0.25) is 0 Å². The van der Waals surface area contributed by atoms with Crippen molar-refractivity contribution in [2.24, 2.45) is 0 Å². The summed E-state index contributed by atoms with van der Waals surface area (Å²) in [5.41, 5.74) is 0. The molecule has 0 aliphatic carbocycles. The van der Waals surface area contributed by atoms with Crippen LogP contribution in [0.4, 0.5) is 0 Å². The second-order valence-electron chi connectivity index (χ2n) is 1.77. The van der Waals surface area contributed by atoms with E-state index in [9.17, 15) is 0 Å². The van der Waals surface area contributed by atoms with E-state index >= 15 is 0 Å². The number of unbranched alkanes of at least 4 members (excludes halogenated alkanes) is 4. The molecule has 0 fully saturated rings. The van der Waals surface area contributed by atoms with Gasteiger partial charge in [0.2, 0.25) is 0 Å². The van der Waals surface area contributed by atoms with Crippen LogP contribution in [0.15, 0.2) is 0 Å². The van der Waals surface area contributed by atoms with Gasteiger partial charge in [-0.15, -0.1) is 0 Å². The van der Waals surface area contributed by atoms with Crippen LogP contribution in [-0.4, -0.2) is 0 Å². The Labute approximate surface area is 67.3 Å². The van der Waals surface area contributed by atoms with Gasteiger partial charge < -0.3 is 13.8 Å². The molecule has 0 rings (SSSR count). The summed E-state index contributed by atoms with van der Waals surface area (Å²) >= 11 is 0. The Morgan fingerprint density at radius 3 is 1.38 bits per heavy atom. The first-order chi connectivity index (χ1) is 3.41. The summed E-state index contributed by atoms with van der Waals surface area (Å²) < 4.78 is 0. The fraction of sp³-hybridized carbons (Fsp3) is 0.714. The van der Waals surface area contributed by atoms with E-state index in [2.05, 4.69) is 13.8 Å². The standard InChI is InChI=1S/C7H14.Pt/c1-3-5-7-6-4-2;/h1-7H2;/q-2;+2. The average Bonchev–Trinajstić information content (AvgIpc) is 1.69. The number of hydrogen-bond acceptors (Lipinski definition) is 0. The molecule has 0 saturated carbocycles. The zero-order valence-corrected chi connectivity index (χ0v) is 7.54. The Morgan fingerprint density at radius 2 is 1.12 bits per heavy atom. The first-order valence-electron chi connectivity index (χ1n) is 3.00. The normalized spacial score (nSPS) is 8.25. The van der Waals surface area contributed by atoms with Crippen molar-refractivity contribution in [2.45, 2.75) is 32.1 Å². The minimum atomic E-state index is 0. The van der Waals surface area contributed by atoms with E-state index in [0.717, 1.165) is 12.8 Å². The molecule has 0 aromatic carbocycles. The molecule has 8 heavy (non-hydrogen) atoms.